The third kappa shape index (κ3) is 1.18. The molecule has 0 aliphatic rings. The first-order valence-electron chi connectivity index (χ1n) is 4.21. The zero-order chi connectivity index (χ0) is 10.1. The quantitative estimate of drug-likeness (QED) is 0.681. The van der Waals surface area contributed by atoms with E-state index < -0.39 is 0 Å². The van der Waals surface area contributed by atoms with Crippen LogP contribution < -0.4 is 4.74 Å². The summed E-state index contributed by atoms with van der Waals surface area (Å²) < 4.78 is 10.2. The van der Waals surface area contributed by atoms with Gasteiger partial charge in [-0.3, -0.25) is 4.79 Å². The van der Waals surface area contributed by atoms with E-state index in [1.165, 1.54) is 6.92 Å². The zero-order valence-corrected chi connectivity index (χ0v) is 7.96. The summed E-state index contributed by atoms with van der Waals surface area (Å²) in [7, 11) is 1.56. The van der Waals surface area contributed by atoms with Crippen molar-refractivity contribution in [2.45, 2.75) is 6.92 Å². The topological polar surface area (TPSA) is 39.4 Å². The fraction of sp³-hybridized carbons (Fsp3) is 0.182. The molecule has 0 bridgehead atoms. The number of carbonyl (C=O) groups is 1. The van der Waals surface area contributed by atoms with E-state index in [-0.39, 0.29) is 5.78 Å². The molecule has 3 heteroatoms. The fourth-order valence-corrected chi connectivity index (χ4v) is 1.44. The van der Waals surface area contributed by atoms with Gasteiger partial charge < -0.3 is 9.15 Å². The molecule has 0 spiro atoms. The van der Waals surface area contributed by atoms with E-state index >= 15 is 0 Å². The second-order valence-corrected chi connectivity index (χ2v) is 2.98. The van der Waals surface area contributed by atoms with Crippen LogP contribution in [0.5, 0.6) is 5.75 Å². The van der Waals surface area contributed by atoms with Crippen molar-refractivity contribution in [1.29, 1.82) is 0 Å². The standard InChI is InChI=1S/C11H9O3/c1-7(12)8-3-4-10(13-2)11-9(8)5-6-14-11/h3-5H,1-2H3. The van der Waals surface area contributed by atoms with Crippen LogP contribution in [-0.4, -0.2) is 12.9 Å². The summed E-state index contributed by atoms with van der Waals surface area (Å²) in [5, 5.41) is 0.747. The number of Topliss-reactive ketones (excluding diaryl/α,β-unsaturated/α-hetero) is 1. The molecule has 0 atom stereocenters. The number of ketones is 1. The molecule has 0 saturated heterocycles. The van der Waals surface area contributed by atoms with E-state index in [9.17, 15) is 4.79 Å². The second kappa shape index (κ2) is 3.18. The Morgan fingerprint density at radius 3 is 2.93 bits per heavy atom. The lowest BCUT2D eigenvalue weighted by atomic mass is 10.1. The Kier molecular flexibility index (Phi) is 2.00. The molecule has 2 aromatic rings. The van der Waals surface area contributed by atoms with E-state index in [0.29, 0.717) is 16.9 Å². The smallest absolute Gasteiger partial charge is 0.177 e. The van der Waals surface area contributed by atoms with Crippen molar-refractivity contribution < 1.29 is 13.9 Å². The van der Waals surface area contributed by atoms with Gasteiger partial charge in [-0.2, -0.15) is 0 Å². The molecule has 1 heterocycles. The van der Waals surface area contributed by atoms with Crippen LogP contribution in [-0.2, 0) is 0 Å². The average Bonchev–Trinajstić information content (AvgIpc) is 2.64. The molecule has 0 fully saturated rings. The minimum Gasteiger partial charge on any atom is -0.493 e. The molecule has 0 amide bonds. The van der Waals surface area contributed by atoms with E-state index in [1.807, 2.05) is 0 Å². The van der Waals surface area contributed by atoms with Crippen LogP contribution in [0.2, 0.25) is 0 Å². The summed E-state index contributed by atoms with van der Waals surface area (Å²) in [4.78, 5) is 11.3. The van der Waals surface area contributed by atoms with Gasteiger partial charge in [0, 0.05) is 10.9 Å². The van der Waals surface area contributed by atoms with Gasteiger partial charge in [-0.05, 0) is 25.1 Å². The van der Waals surface area contributed by atoms with Crippen LogP contribution in [0.4, 0.5) is 0 Å². The van der Waals surface area contributed by atoms with Crippen molar-refractivity contribution in [2.75, 3.05) is 7.11 Å². The minimum absolute atomic E-state index is 0.00690. The maximum Gasteiger partial charge on any atom is 0.177 e. The first kappa shape index (κ1) is 8.81. The molecule has 1 aromatic heterocycles. The highest BCUT2D eigenvalue weighted by Crippen LogP contribution is 2.29. The van der Waals surface area contributed by atoms with Gasteiger partial charge in [-0.15, -0.1) is 0 Å². The number of furan rings is 1. The van der Waals surface area contributed by atoms with Gasteiger partial charge in [0.1, 0.15) is 0 Å². The van der Waals surface area contributed by atoms with Crippen LogP contribution in [0.3, 0.4) is 0 Å². The van der Waals surface area contributed by atoms with E-state index in [0.717, 1.165) is 5.39 Å². The monoisotopic (exact) mass is 189 g/mol. The maximum atomic E-state index is 11.3. The molecular weight excluding hydrogens is 180 g/mol. The molecule has 2 rings (SSSR count). The van der Waals surface area contributed by atoms with Crippen LogP contribution in [0, 0.1) is 6.26 Å². The number of rotatable bonds is 2. The summed E-state index contributed by atoms with van der Waals surface area (Å²) in [6, 6.07) is 5.10. The predicted molar refractivity (Wildman–Crippen MR) is 51.6 cm³/mol. The number of hydrogen-bond acceptors (Lipinski definition) is 3. The third-order valence-electron chi connectivity index (χ3n) is 2.12. The zero-order valence-electron chi connectivity index (χ0n) is 7.96. The van der Waals surface area contributed by atoms with Gasteiger partial charge in [0.25, 0.3) is 0 Å². The lowest BCUT2D eigenvalue weighted by molar-refractivity contribution is 0.101. The first-order chi connectivity index (χ1) is 6.74. The van der Waals surface area contributed by atoms with Crippen molar-refractivity contribution in [3.05, 3.63) is 30.0 Å². The Morgan fingerprint density at radius 1 is 1.50 bits per heavy atom. The number of hydrogen-bond donors (Lipinski definition) is 0. The van der Waals surface area contributed by atoms with Gasteiger partial charge in [-0.25, -0.2) is 0 Å². The molecule has 0 unspecified atom stereocenters. The van der Waals surface area contributed by atoms with Gasteiger partial charge in [0.2, 0.25) is 0 Å². The minimum atomic E-state index is 0.00690. The number of benzene rings is 1. The number of ether oxygens (including phenoxy) is 1. The summed E-state index contributed by atoms with van der Waals surface area (Å²) in [6.07, 6.45) is 2.60. The normalized spacial score (nSPS) is 10.4. The largest absolute Gasteiger partial charge is 0.493 e. The van der Waals surface area contributed by atoms with Crippen molar-refractivity contribution in [1.82, 2.24) is 0 Å². The van der Waals surface area contributed by atoms with Crippen LogP contribution in [0.1, 0.15) is 17.3 Å². The maximum absolute atomic E-state index is 11.3. The molecule has 14 heavy (non-hydrogen) atoms. The van der Waals surface area contributed by atoms with E-state index in [1.54, 1.807) is 25.3 Å². The van der Waals surface area contributed by atoms with Crippen molar-refractivity contribution in [2.24, 2.45) is 0 Å². The summed E-state index contributed by atoms with van der Waals surface area (Å²) in [5.74, 6) is 0.624. The molecule has 0 aliphatic carbocycles. The SMILES string of the molecule is COc1ccc(C(C)=O)c2c[c]oc12. The Balaban J connectivity index is 2.78. The highest BCUT2D eigenvalue weighted by Gasteiger charge is 2.11. The molecule has 0 N–H and O–H groups in total. The lowest BCUT2D eigenvalue weighted by Gasteiger charge is -2.02. The van der Waals surface area contributed by atoms with Crippen molar-refractivity contribution in [3.63, 3.8) is 0 Å². The molecule has 0 saturated carbocycles. The molecule has 0 aliphatic heterocycles. The highest BCUT2D eigenvalue weighted by atomic mass is 16.5. The summed E-state index contributed by atoms with van der Waals surface area (Å²) >= 11 is 0. The lowest BCUT2D eigenvalue weighted by Crippen LogP contribution is -1.93. The van der Waals surface area contributed by atoms with E-state index in [2.05, 4.69) is 6.26 Å². The van der Waals surface area contributed by atoms with Crippen LogP contribution >= 0.6 is 0 Å². The number of carbonyl (C=O) groups excluding carboxylic acids is 1. The Labute approximate surface area is 81.3 Å². The molecular formula is C11H9O3. The fourth-order valence-electron chi connectivity index (χ4n) is 1.44. The number of fused-ring (bicyclic) bond motifs is 1. The van der Waals surface area contributed by atoms with Gasteiger partial charge >= 0.3 is 0 Å². The predicted octanol–water partition coefficient (Wildman–Crippen LogP) is 2.44. The van der Waals surface area contributed by atoms with Gasteiger partial charge in [-0.1, -0.05) is 0 Å². The number of methoxy groups -OCH3 is 1. The van der Waals surface area contributed by atoms with Crippen molar-refractivity contribution >= 4 is 16.8 Å². The summed E-state index contributed by atoms with van der Waals surface area (Å²) in [6.45, 7) is 1.52. The molecule has 1 radical (unpaired) electrons. The molecule has 3 nitrogen and oxygen atoms in total. The molecule has 1 aromatic carbocycles. The summed E-state index contributed by atoms with van der Waals surface area (Å²) in [5.41, 5.74) is 1.20. The van der Waals surface area contributed by atoms with E-state index in [4.69, 9.17) is 9.15 Å². The van der Waals surface area contributed by atoms with Gasteiger partial charge in [0.15, 0.2) is 23.4 Å². The van der Waals surface area contributed by atoms with Gasteiger partial charge in [0.05, 0.1) is 7.11 Å². The van der Waals surface area contributed by atoms with Crippen LogP contribution in [0.15, 0.2) is 22.6 Å². The van der Waals surface area contributed by atoms with Crippen LogP contribution in [0.25, 0.3) is 11.0 Å². The van der Waals surface area contributed by atoms with Crippen molar-refractivity contribution in [3.8, 4) is 5.75 Å². The highest BCUT2D eigenvalue weighted by molar-refractivity contribution is 6.07. The third-order valence-corrected chi connectivity index (χ3v) is 2.12. The first-order valence-corrected chi connectivity index (χ1v) is 4.21. The average molecular weight is 189 g/mol. The Hall–Kier alpha value is -1.77. The molecule has 71 valence electrons. The Bertz CT molecular complexity index is 482. The Morgan fingerprint density at radius 2 is 2.29 bits per heavy atom. The second-order valence-electron chi connectivity index (χ2n) is 2.98.